The number of hydrogen-bond donors (Lipinski definition) is 2. The number of nitrogens with one attached hydrogen (secondary N) is 2. The molecule has 4 heteroatoms. The summed E-state index contributed by atoms with van der Waals surface area (Å²) in [6, 6.07) is 0.358. The number of ether oxygens (including phenoxy) is 1. The predicted octanol–water partition coefficient (Wildman–Crippen LogP) is 1.84. The fourth-order valence-electron chi connectivity index (χ4n) is 3.45. The summed E-state index contributed by atoms with van der Waals surface area (Å²) in [5.74, 6) is 0.121. The lowest BCUT2D eigenvalue weighted by molar-refractivity contribution is -0.175. The molecule has 2 rings (SSSR count). The van der Waals surface area contributed by atoms with Gasteiger partial charge in [0.15, 0.2) is 0 Å². The summed E-state index contributed by atoms with van der Waals surface area (Å²) >= 11 is 0. The molecule has 0 aromatic heterocycles. The van der Waals surface area contributed by atoms with Crippen molar-refractivity contribution in [1.82, 2.24) is 10.6 Å². The second kappa shape index (κ2) is 6.23. The van der Waals surface area contributed by atoms with Crippen molar-refractivity contribution in [3.8, 4) is 0 Å². The molecule has 110 valence electrons. The first-order valence-corrected chi connectivity index (χ1v) is 7.79. The molecule has 0 saturated heterocycles. The highest BCUT2D eigenvalue weighted by molar-refractivity contribution is 5.81. The van der Waals surface area contributed by atoms with Crippen LogP contribution < -0.4 is 10.6 Å². The maximum Gasteiger partial charge on any atom is 0.236 e. The number of carbonyl (C=O) groups is 1. The summed E-state index contributed by atoms with van der Waals surface area (Å²) < 4.78 is 5.83. The van der Waals surface area contributed by atoms with Gasteiger partial charge in [-0.25, -0.2) is 0 Å². The molecule has 0 aromatic carbocycles. The van der Waals surface area contributed by atoms with Crippen molar-refractivity contribution in [3.05, 3.63) is 0 Å². The van der Waals surface area contributed by atoms with Gasteiger partial charge >= 0.3 is 0 Å². The van der Waals surface area contributed by atoms with E-state index in [-0.39, 0.29) is 11.9 Å². The molecule has 0 heterocycles. The van der Waals surface area contributed by atoms with Crippen LogP contribution in [0.5, 0.6) is 0 Å². The molecule has 2 saturated carbocycles. The molecule has 0 aromatic rings. The largest absolute Gasteiger partial charge is 0.378 e. The highest BCUT2D eigenvalue weighted by Gasteiger charge is 2.59. The lowest BCUT2D eigenvalue weighted by Crippen LogP contribution is -2.69. The predicted molar refractivity (Wildman–Crippen MR) is 76.0 cm³/mol. The van der Waals surface area contributed by atoms with Gasteiger partial charge in [0, 0.05) is 24.6 Å². The van der Waals surface area contributed by atoms with Crippen LogP contribution in [-0.2, 0) is 9.53 Å². The van der Waals surface area contributed by atoms with Gasteiger partial charge in [-0.05, 0) is 39.5 Å². The van der Waals surface area contributed by atoms with E-state index in [4.69, 9.17) is 4.74 Å². The Balaban J connectivity index is 1.81. The highest BCUT2D eigenvalue weighted by atomic mass is 16.5. The lowest BCUT2D eigenvalue weighted by atomic mass is 9.51. The molecular weight excluding hydrogens is 240 g/mol. The van der Waals surface area contributed by atoms with Gasteiger partial charge in [-0.15, -0.1) is 0 Å². The monoisotopic (exact) mass is 268 g/mol. The Morgan fingerprint density at radius 3 is 2.68 bits per heavy atom. The zero-order valence-corrected chi connectivity index (χ0v) is 12.5. The molecule has 2 N–H and O–H groups in total. The summed E-state index contributed by atoms with van der Waals surface area (Å²) in [5, 5.41) is 6.47. The van der Waals surface area contributed by atoms with Gasteiger partial charge in [-0.3, -0.25) is 4.79 Å². The standard InChI is InChI=1S/C15H28N2O2/c1-4-9-16-14(18)11(3)17-12-10-13(19-5-2)15(12)7-6-8-15/h11-13,17H,4-10H2,1-3H3,(H,16,18). The second-order valence-electron chi connectivity index (χ2n) is 6.00. The molecule has 0 radical (unpaired) electrons. The zero-order valence-electron chi connectivity index (χ0n) is 12.5. The average molecular weight is 268 g/mol. The molecule has 0 aliphatic heterocycles. The van der Waals surface area contributed by atoms with Gasteiger partial charge in [0.1, 0.15) is 0 Å². The van der Waals surface area contributed by atoms with E-state index in [1.807, 2.05) is 6.92 Å². The average Bonchev–Trinajstić information content (AvgIpc) is 2.32. The van der Waals surface area contributed by atoms with Gasteiger partial charge in [0.25, 0.3) is 0 Å². The fraction of sp³-hybridized carbons (Fsp3) is 0.933. The quantitative estimate of drug-likeness (QED) is 0.741. The number of carbonyl (C=O) groups excluding carboxylic acids is 1. The summed E-state index contributed by atoms with van der Waals surface area (Å²) in [7, 11) is 0. The van der Waals surface area contributed by atoms with Crippen LogP contribution in [0.2, 0.25) is 0 Å². The molecule has 2 aliphatic rings. The number of rotatable bonds is 7. The fourth-order valence-corrected chi connectivity index (χ4v) is 3.45. The Labute approximate surface area is 116 Å². The molecular formula is C15H28N2O2. The van der Waals surface area contributed by atoms with Gasteiger partial charge < -0.3 is 15.4 Å². The van der Waals surface area contributed by atoms with E-state index in [2.05, 4.69) is 24.5 Å². The van der Waals surface area contributed by atoms with E-state index in [0.29, 0.717) is 17.6 Å². The second-order valence-corrected chi connectivity index (χ2v) is 6.00. The van der Waals surface area contributed by atoms with Gasteiger partial charge in [-0.1, -0.05) is 13.3 Å². The molecule has 4 nitrogen and oxygen atoms in total. The van der Waals surface area contributed by atoms with Crippen LogP contribution >= 0.6 is 0 Å². The first-order valence-electron chi connectivity index (χ1n) is 7.79. The Kier molecular flexibility index (Phi) is 4.85. The normalized spacial score (nSPS) is 29.4. The Morgan fingerprint density at radius 2 is 2.16 bits per heavy atom. The smallest absolute Gasteiger partial charge is 0.236 e. The van der Waals surface area contributed by atoms with Gasteiger partial charge in [-0.2, -0.15) is 0 Å². The van der Waals surface area contributed by atoms with Crippen LogP contribution in [-0.4, -0.2) is 37.2 Å². The van der Waals surface area contributed by atoms with Crippen molar-refractivity contribution in [2.24, 2.45) is 5.41 Å². The van der Waals surface area contributed by atoms with E-state index in [1.165, 1.54) is 19.3 Å². The van der Waals surface area contributed by atoms with E-state index < -0.39 is 0 Å². The van der Waals surface area contributed by atoms with Crippen molar-refractivity contribution in [2.75, 3.05) is 13.2 Å². The number of hydrogen-bond acceptors (Lipinski definition) is 3. The van der Waals surface area contributed by atoms with E-state index in [9.17, 15) is 4.79 Å². The maximum atomic E-state index is 11.9. The molecule has 2 aliphatic carbocycles. The van der Waals surface area contributed by atoms with Crippen molar-refractivity contribution in [1.29, 1.82) is 0 Å². The molecule has 2 fully saturated rings. The highest BCUT2D eigenvalue weighted by Crippen LogP contribution is 2.57. The first kappa shape index (κ1) is 14.8. The Bertz CT molecular complexity index is 315. The van der Waals surface area contributed by atoms with Gasteiger partial charge in [0.2, 0.25) is 5.91 Å². The van der Waals surface area contributed by atoms with Crippen LogP contribution in [0.25, 0.3) is 0 Å². The van der Waals surface area contributed by atoms with Crippen LogP contribution in [0, 0.1) is 5.41 Å². The van der Waals surface area contributed by atoms with Crippen molar-refractivity contribution in [3.63, 3.8) is 0 Å². The summed E-state index contributed by atoms with van der Waals surface area (Å²) in [6.07, 6.45) is 6.25. The third kappa shape index (κ3) is 2.79. The summed E-state index contributed by atoms with van der Waals surface area (Å²) in [5.41, 5.74) is 0.329. The topological polar surface area (TPSA) is 50.4 Å². The van der Waals surface area contributed by atoms with Gasteiger partial charge in [0.05, 0.1) is 12.1 Å². The third-order valence-electron chi connectivity index (χ3n) is 4.83. The molecule has 19 heavy (non-hydrogen) atoms. The molecule has 1 amide bonds. The Hall–Kier alpha value is -0.610. The summed E-state index contributed by atoms with van der Waals surface area (Å²) in [4.78, 5) is 11.9. The van der Waals surface area contributed by atoms with E-state index >= 15 is 0 Å². The maximum absolute atomic E-state index is 11.9. The minimum Gasteiger partial charge on any atom is -0.378 e. The number of amides is 1. The lowest BCUT2D eigenvalue weighted by Gasteiger charge is -2.61. The Morgan fingerprint density at radius 1 is 1.42 bits per heavy atom. The van der Waals surface area contributed by atoms with Crippen molar-refractivity contribution >= 4 is 5.91 Å². The van der Waals surface area contributed by atoms with E-state index in [1.54, 1.807) is 0 Å². The first-order chi connectivity index (χ1) is 9.14. The summed E-state index contributed by atoms with van der Waals surface area (Å²) in [6.45, 7) is 7.66. The van der Waals surface area contributed by atoms with Crippen LogP contribution in [0.1, 0.15) is 52.9 Å². The molecule has 1 spiro atoms. The molecule has 3 unspecified atom stereocenters. The molecule has 0 bridgehead atoms. The van der Waals surface area contributed by atoms with Crippen LogP contribution in [0.15, 0.2) is 0 Å². The van der Waals surface area contributed by atoms with E-state index in [0.717, 1.165) is 26.0 Å². The minimum atomic E-state index is -0.100. The van der Waals surface area contributed by atoms with Crippen LogP contribution in [0.3, 0.4) is 0 Å². The van der Waals surface area contributed by atoms with Crippen LogP contribution in [0.4, 0.5) is 0 Å². The third-order valence-corrected chi connectivity index (χ3v) is 4.83. The zero-order chi connectivity index (χ0) is 13.9. The SMILES string of the molecule is CCCNC(=O)C(C)NC1CC(OCC)C12CCC2. The van der Waals surface area contributed by atoms with Crippen molar-refractivity contribution in [2.45, 2.75) is 71.1 Å². The molecule has 3 atom stereocenters. The van der Waals surface area contributed by atoms with Crippen molar-refractivity contribution < 1.29 is 9.53 Å². The minimum absolute atomic E-state index is 0.100.